The van der Waals surface area contributed by atoms with Crippen LogP contribution < -0.4 is 10.8 Å². The van der Waals surface area contributed by atoms with Crippen LogP contribution in [0.1, 0.15) is 146 Å². The second-order valence-electron chi connectivity index (χ2n) is 11.4. The van der Waals surface area contributed by atoms with E-state index in [2.05, 4.69) is 5.32 Å². The van der Waals surface area contributed by atoms with E-state index in [0.29, 0.717) is 32.2 Å². The molecule has 42 heavy (non-hydrogen) atoms. The van der Waals surface area contributed by atoms with E-state index in [1.807, 2.05) is 6.92 Å². The molecule has 0 radical (unpaired) electrons. The van der Waals surface area contributed by atoms with Gasteiger partial charge in [-0.3, -0.25) is 14.4 Å². The van der Waals surface area contributed by atoms with Crippen molar-refractivity contribution in [3.63, 3.8) is 0 Å². The van der Waals surface area contributed by atoms with Crippen LogP contribution >= 0.6 is 0 Å². The number of ketones is 1. The van der Waals surface area contributed by atoms with Gasteiger partial charge in [-0.25, -0.2) is 8.78 Å². The molecule has 1 rings (SSSR count). The van der Waals surface area contributed by atoms with Gasteiger partial charge in [-0.05, 0) is 38.2 Å². The van der Waals surface area contributed by atoms with Crippen molar-refractivity contribution in [3.05, 3.63) is 29.3 Å². The van der Waals surface area contributed by atoms with E-state index < -0.39 is 36.0 Å². The number of carbonyl (C=O) groups excluding carboxylic acids is 2. The smallest absolute Gasteiger partial charge is 0.481 e. The summed E-state index contributed by atoms with van der Waals surface area (Å²) in [6, 6.07) is 2.14. The number of hydrogen-bond donors (Lipinski definition) is 4. The van der Waals surface area contributed by atoms with Gasteiger partial charge >= 0.3 is 13.1 Å². The van der Waals surface area contributed by atoms with Crippen molar-refractivity contribution < 1.29 is 38.3 Å². The van der Waals surface area contributed by atoms with Crippen molar-refractivity contribution in [3.8, 4) is 0 Å². The number of Topliss-reactive ketones (excluding diaryl/α,β-unsaturated/α-hetero) is 1. The number of halogens is 2. The average molecular weight is 596 g/mol. The Morgan fingerprint density at radius 2 is 1.24 bits per heavy atom. The molecule has 1 aromatic rings. The fourth-order valence-electron chi connectivity index (χ4n) is 5.14. The van der Waals surface area contributed by atoms with Crippen molar-refractivity contribution in [2.45, 2.75) is 135 Å². The maximum absolute atomic E-state index is 14.0. The fraction of sp³-hybridized carbons (Fsp3) is 0.719. The van der Waals surface area contributed by atoms with Gasteiger partial charge in [-0.15, -0.1) is 0 Å². The first-order chi connectivity index (χ1) is 20.2. The monoisotopic (exact) mass is 595 g/mol. The molecule has 0 unspecified atom stereocenters. The Bertz CT molecular complexity index is 931. The van der Waals surface area contributed by atoms with E-state index in [4.69, 9.17) is 15.2 Å². The first kappa shape index (κ1) is 37.7. The molecule has 0 aliphatic rings. The summed E-state index contributed by atoms with van der Waals surface area (Å²) in [7, 11) is -2.12. The van der Waals surface area contributed by atoms with Crippen molar-refractivity contribution in [1.29, 1.82) is 0 Å². The first-order valence-electron chi connectivity index (χ1n) is 16.1. The van der Waals surface area contributed by atoms with Crippen LogP contribution in [0.2, 0.25) is 0 Å². The van der Waals surface area contributed by atoms with E-state index in [1.165, 1.54) is 38.5 Å². The van der Waals surface area contributed by atoms with Gasteiger partial charge in [0, 0.05) is 24.8 Å². The standard InChI is InChI=1S/C32H52BF2NO6/c1-2-25(32(39)40)19-17-18-24-36-29(38)21-16-14-12-10-8-6-4-3-5-7-9-11-13-15-20-28(37)26-22-23-27(33(41)42)31(35)30(26)34/h22-23,25,41-42H,2-21,24H2,1H3,(H,36,38)(H,39,40)/t25-/m0/s1. The zero-order chi connectivity index (χ0) is 31.2. The van der Waals surface area contributed by atoms with Gasteiger partial charge in [0.15, 0.2) is 17.4 Å². The van der Waals surface area contributed by atoms with Gasteiger partial charge in [-0.1, -0.05) is 96.5 Å². The quantitative estimate of drug-likeness (QED) is 0.0553. The van der Waals surface area contributed by atoms with E-state index >= 15 is 0 Å². The summed E-state index contributed by atoms with van der Waals surface area (Å²) in [6.07, 6.45) is 18.8. The number of unbranched alkanes of at least 4 members (excludes halogenated alkanes) is 14. The highest BCUT2D eigenvalue weighted by atomic mass is 19.2. The third kappa shape index (κ3) is 16.3. The van der Waals surface area contributed by atoms with Crippen molar-refractivity contribution in [1.82, 2.24) is 5.32 Å². The minimum absolute atomic E-state index is 0.0909. The molecule has 10 heteroatoms. The molecule has 0 saturated heterocycles. The molecule has 0 fully saturated rings. The normalized spacial score (nSPS) is 11.8. The maximum Gasteiger partial charge on any atom is 0.491 e. The molecular weight excluding hydrogens is 543 g/mol. The molecule has 1 atom stereocenters. The molecule has 1 aromatic carbocycles. The second-order valence-corrected chi connectivity index (χ2v) is 11.4. The van der Waals surface area contributed by atoms with Gasteiger partial charge in [-0.2, -0.15) is 0 Å². The summed E-state index contributed by atoms with van der Waals surface area (Å²) in [4.78, 5) is 35.1. The van der Waals surface area contributed by atoms with Crippen LogP contribution in [0.4, 0.5) is 8.78 Å². The maximum atomic E-state index is 14.0. The highest BCUT2D eigenvalue weighted by molar-refractivity contribution is 6.58. The molecule has 0 bridgehead atoms. The zero-order valence-corrected chi connectivity index (χ0v) is 25.5. The van der Waals surface area contributed by atoms with Crippen molar-refractivity contribution in [2.75, 3.05) is 6.54 Å². The third-order valence-corrected chi connectivity index (χ3v) is 7.89. The number of rotatable bonds is 26. The summed E-state index contributed by atoms with van der Waals surface area (Å²) in [6.45, 7) is 2.51. The topological polar surface area (TPSA) is 124 Å². The van der Waals surface area contributed by atoms with Crippen molar-refractivity contribution >= 4 is 30.2 Å². The number of benzene rings is 1. The minimum Gasteiger partial charge on any atom is -0.481 e. The van der Waals surface area contributed by atoms with E-state index in [0.717, 1.165) is 69.9 Å². The lowest BCUT2D eigenvalue weighted by Crippen LogP contribution is -2.34. The van der Waals surface area contributed by atoms with Crippen LogP contribution in [0.25, 0.3) is 0 Å². The number of carboxylic acid groups (broad SMARTS) is 1. The molecule has 0 aromatic heterocycles. The minimum atomic E-state index is -2.12. The summed E-state index contributed by atoms with van der Waals surface area (Å²) in [5.74, 6) is -4.10. The van der Waals surface area contributed by atoms with Gasteiger partial charge < -0.3 is 20.5 Å². The number of hydrogen-bond acceptors (Lipinski definition) is 5. The molecule has 0 aliphatic carbocycles. The summed E-state index contributed by atoms with van der Waals surface area (Å²) in [5, 5.41) is 30.0. The van der Waals surface area contributed by atoms with Crippen LogP contribution in [-0.4, -0.2) is 46.5 Å². The van der Waals surface area contributed by atoms with Gasteiger partial charge in [0.2, 0.25) is 5.91 Å². The number of aliphatic carboxylic acids is 1. The molecule has 238 valence electrons. The Kier molecular flexibility index (Phi) is 20.8. The highest BCUT2D eigenvalue weighted by Gasteiger charge is 2.24. The van der Waals surface area contributed by atoms with Crippen LogP contribution in [0.5, 0.6) is 0 Å². The SMILES string of the molecule is CC[C@@H](CCCCNC(=O)CCCCCCCCCCCCCCCCC(=O)c1ccc(B(O)O)c(F)c1F)C(=O)O. The molecule has 0 aliphatic heterocycles. The Morgan fingerprint density at radius 3 is 1.71 bits per heavy atom. The molecule has 7 nitrogen and oxygen atoms in total. The Labute approximate surface area is 251 Å². The fourth-order valence-corrected chi connectivity index (χ4v) is 5.14. The molecular formula is C32H52BF2NO6. The lowest BCUT2D eigenvalue weighted by atomic mass is 9.79. The molecule has 0 heterocycles. The number of carbonyl (C=O) groups is 3. The molecule has 0 spiro atoms. The molecule has 0 saturated carbocycles. The average Bonchev–Trinajstić information content (AvgIpc) is 2.95. The summed E-state index contributed by atoms with van der Waals surface area (Å²) in [5.41, 5.74) is -0.923. The third-order valence-electron chi connectivity index (χ3n) is 7.89. The van der Waals surface area contributed by atoms with Gasteiger partial charge in [0.25, 0.3) is 0 Å². The van der Waals surface area contributed by atoms with Gasteiger partial charge in [0.1, 0.15) is 0 Å². The lowest BCUT2D eigenvalue weighted by molar-refractivity contribution is -0.142. The number of nitrogens with one attached hydrogen (secondary N) is 1. The Morgan fingerprint density at radius 1 is 0.738 bits per heavy atom. The lowest BCUT2D eigenvalue weighted by Gasteiger charge is -2.09. The highest BCUT2D eigenvalue weighted by Crippen LogP contribution is 2.17. The predicted octanol–water partition coefficient (Wildman–Crippen LogP) is 6.47. The van der Waals surface area contributed by atoms with Crippen LogP contribution in [-0.2, 0) is 9.59 Å². The number of carboxylic acids is 1. The van der Waals surface area contributed by atoms with Crippen LogP contribution in [0.3, 0.4) is 0 Å². The largest absolute Gasteiger partial charge is 0.491 e. The summed E-state index contributed by atoms with van der Waals surface area (Å²) < 4.78 is 27.9. The van der Waals surface area contributed by atoms with Crippen molar-refractivity contribution in [2.24, 2.45) is 5.92 Å². The molecule has 1 amide bonds. The predicted molar refractivity (Wildman–Crippen MR) is 163 cm³/mol. The number of amides is 1. The van der Waals surface area contributed by atoms with Crippen LogP contribution in [0.15, 0.2) is 12.1 Å². The van der Waals surface area contributed by atoms with Crippen LogP contribution in [0, 0.1) is 17.6 Å². The van der Waals surface area contributed by atoms with E-state index in [-0.39, 0.29) is 23.8 Å². The first-order valence-corrected chi connectivity index (χ1v) is 16.1. The Hall–Kier alpha value is -2.33. The second kappa shape index (κ2) is 23.2. The van der Waals surface area contributed by atoms with E-state index in [1.54, 1.807) is 0 Å². The van der Waals surface area contributed by atoms with E-state index in [9.17, 15) is 23.2 Å². The molecule has 4 N–H and O–H groups in total. The summed E-state index contributed by atoms with van der Waals surface area (Å²) >= 11 is 0. The zero-order valence-electron chi connectivity index (χ0n) is 25.5. The van der Waals surface area contributed by atoms with Gasteiger partial charge in [0.05, 0.1) is 11.5 Å². The Balaban J connectivity index is 1.89.